The number of rotatable bonds is 3. The van der Waals surface area contributed by atoms with Gasteiger partial charge >= 0.3 is 6.09 Å². The van der Waals surface area contributed by atoms with Crippen molar-refractivity contribution in [3.8, 4) is 0 Å². The highest BCUT2D eigenvalue weighted by molar-refractivity contribution is 7.80. The highest BCUT2D eigenvalue weighted by Gasteiger charge is 1.99. The van der Waals surface area contributed by atoms with Crippen molar-refractivity contribution >= 4 is 18.7 Å². The molecule has 60 valence electrons. The molecule has 0 rings (SSSR count). The van der Waals surface area contributed by atoms with E-state index in [1.54, 1.807) is 6.92 Å². The van der Waals surface area contributed by atoms with Crippen LogP contribution in [0.15, 0.2) is 0 Å². The number of carbonyl (C=O) groups excluding carboxylic acids is 1. The van der Waals surface area contributed by atoms with Gasteiger partial charge in [-0.15, -0.1) is 5.48 Å². The summed E-state index contributed by atoms with van der Waals surface area (Å²) in [6.07, 6.45) is -0.483. The van der Waals surface area contributed by atoms with Crippen molar-refractivity contribution in [3.05, 3.63) is 0 Å². The Labute approximate surface area is 65.7 Å². The van der Waals surface area contributed by atoms with E-state index in [1.165, 1.54) is 0 Å². The van der Waals surface area contributed by atoms with E-state index >= 15 is 0 Å². The Morgan fingerprint density at radius 1 is 1.80 bits per heavy atom. The van der Waals surface area contributed by atoms with Crippen molar-refractivity contribution in [1.82, 2.24) is 10.8 Å². The highest BCUT2D eigenvalue weighted by Crippen LogP contribution is 1.84. The second-order valence-electron chi connectivity index (χ2n) is 1.71. The summed E-state index contributed by atoms with van der Waals surface area (Å²) in [6, 6.07) is 0. The van der Waals surface area contributed by atoms with Gasteiger partial charge in [0.1, 0.15) is 0 Å². The largest absolute Gasteiger partial charge is 0.426 e. The molecule has 0 aromatic heterocycles. The molecule has 5 heteroatoms. The molecule has 0 spiro atoms. The lowest BCUT2D eigenvalue weighted by molar-refractivity contribution is 0.0879. The number of hydroxylamine groups is 1. The monoisotopic (exact) mass is 164 g/mol. The molecule has 1 amide bonds. The van der Waals surface area contributed by atoms with Crippen LogP contribution in [0.4, 0.5) is 4.79 Å². The molecule has 10 heavy (non-hydrogen) atoms. The molecule has 0 radical (unpaired) electrons. The first kappa shape index (κ1) is 9.58. The van der Waals surface area contributed by atoms with Crippen LogP contribution in [-0.2, 0) is 4.84 Å². The fourth-order valence-electron chi connectivity index (χ4n) is 0.319. The summed E-state index contributed by atoms with van der Waals surface area (Å²) in [4.78, 5) is 15.0. The smallest absolute Gasteiger partial charge is 0.353 e. The van der Waals surface area contributed by atoms with Crippen LogP contribution < -0.4 is 10.8 Å². The van der Waals surface area contributed by atoms with Crippen LogP contribution in [-0.4, -0.2) is 18.0 Å². The molecule has 1 atom stereocenters. The standard InChI is InChI=1S/C5H12N2O2S/c1-3-6-5(8)9-7-4(2)10/h4,7,10H,3H2,1-2H3,(H,6,8). The van der Waals surface area contributed by atoms with Gasteiger partial charge in [-0.2, -0.15) is 12.6 Å². The first-order valence-corrected chi connectivity index (χ1v) is 3.56. The molecule has 1 unspecified atom stereocenters. The van der Waals surface area contributed by atoms with Crippen LogP contribution >= 0.6 is 12.6 Å². The Kier molecular flexibility index (Phi) is 5.15. The summed E-state index contributed by atoms with van der Waals surface area (Å²) in [5.41, 5.74) is 2.38. The van der Waals surface area contributed by atoms with Gasteiger partial charge in [0, 0.05) is 6.54 Å². The maximum Gasteiger partial charge on any atom is 0.426 e. The fourth-order valence-corrected chi connectivity index (χ4v) is 0.372. The molecule has 0 saturated heterocycles. The summed E-state index contributed by atoms with van der Waals surface area (Å²) in [7, 11) is 0. The number of carbonyl (C=O) groups is 1. The zero-order valence-corrected chi connectivity index (χ0v) is 6.94. The van der Waals surface area contributed by atoms with Crippen molar-refractivity contribution in [2.24, 2.45) is 0 Å². The van der Waals surface area contributed by atoms with Gasteiger partial charge in [-0.1, -0.05) is 0 Å². The van der Waals surface area contributed by atoms with Crippen molar-refractivity contribution in [2.75, 3.05) is 6.54 Å². The molecule has 0 fully saturated rings. The molecule has 2 N–H and O–H groups in total. The minimum absolute atomic E-state index is 0.150. The van der Waals surface area contributed by atoms with E-state index in [0.717, 1.165) is 0 Å². The number of hydrogen-bond acceptors (Lipinski definition) is 4. The summed E-state index contributed by atoms with van der Waals surface area (Å²) < 4.78 is 0. The zero-order chi connectivity index (χ0) is 7.98. The highest BCUT2D eigenvalue weighted by atomic mass is 32.1. The molecule has 0 aromatic carbocycles. The van der Waals surface area contributed by atoms with Crippen LogP contribution in [0, 0.1) is 0 Å². The average Bonchev–Trinajstić information content (AvgIpc) is 1.85. The lowest BCUT2D eigenvalue weighted by atomic mass is 10.8. The number of thiol groups is 1. The third kappa shape index (κ3) is 5.71. The molecule has 0 saturated carbocycles. The predicted octanol–water partition coefficient (Wildman–Crippen LogP) is 0.513. The van der Waals surface area contributed by atoms with Gasteiger partial charge in [-0.25, -0.2) is 4.79 Å². The summed E-state index contributed by atoms with van der Waals surface area (Å²) in [6.45, 7) is 4.12. The topological polar surface area (TPSA) is 50.4 Å². The molecule has 0 bridgehead atoms. The van der Waals surface area contributed by atoms with Crippen molar-refractivity contribution < 1.29 is 9.63 Å². The Hall–Kier alpha value is -0.420. The quantitative estimate of drug-likeness (QED) is 0.324. The molecular formula is C5H12N2O2S. The molecule has 0 aromatic rings. The van der Waals surface area contributed by atoms with Gasteiger partial charge in [0.05, 0.1) is 5.37 Å². The van der Waals surface area contributed by atoms with Crippen LogP contribution in [0.2, 0.25) is 0 Å². The summed E-state index contributed by atoms with van der Waals surface area (Å²) >= 11 is 3.92. The van der Waals surface area contributed by atoms with Crippen LogP contribution in [0.5, 0.6) is 0 Å². The number of hydrogen-bond donors (Lipinski definition) is 3. The number of nitrogens with one attached hydrogen (secondary N) is 2. The summed E-state index contributed by atoms with van der Waals surface area (Å²) in [5.74, 6) is 0. The van der Waals surface area contributed by atoms with Gasteiger partial charge in [0.15, 0.2) is 0 Å². The van der Waals surface area contributed by atoms with Gasteiger partial charge in [-0.3, -0.25) is 0 Å². The third-order valence-electron chi connectivity index (χ3n) is 0.643. The second-order valence-corrected chi connectivity index (χ2v) is 2.49. The maximum absolute atomic E-state index is 10.5. The lowest BCUT2D eigenvalue weighted by Crippen LogP contribution is -2.32. The van der Waals surface area contributed by atoms with Gasteiger partial charge in [0.2, 0.25) is 0 Å². The van der Waals surface area contributed by atoms with Crippen molar-refractivity contribution in [3.63, 3.8) is 0 Å². The molecule has 0 aliphatic carbocycles. The van der Waals surface area contributed by atoms with Gasteiger partial charge in [-0.05, 0) is 13.8 Å². The molecule has 0 heterocycles. The minimum Gasteiger partial charge on any atom is -0.353 e. The Morgan fingerprint density at radius 3 is 2.80 bits per heavy atom. The molecular weight excluding hydrogens is 152 g/mol. The second kappa shape index (κ2) is 5.37. The van der Waals surface area contributed by atoms with Gasteiger partial charge < -0.3 is 10.2 Å². The lowest BCUT2D eigenvalue weighted by Gasteiger charge is -2.07. The third-order valence-corrected chi connectivity index (χ3v) is 0.749. The van der Waals surface area contributed by atoms with E-state index < -0.39 is 6.09 Å². The first-order chi connectivity index (χ1) is 4.66. The summed E-state index contributed by atoms with van der Waals surface area (Å²) in [5, 5.41) is 2.29. The minimum atomic E-state index is -0.483. The molecule has 4 nitrogen and oxygen atoms in total. The van der Waals surface area contributed by atoms with E-state index in [9.17, 15) is 4.79 Å². The fraction of sp³-hybridized carbons (Fsp3) is 0.800. The van der Waals surface area contributed by atoms with E-state index in [0.29, 0.717) is 6.54 Å². The Morgan fingerprint density at radius 2 is 2.40 bits per heavy atom. The van der Waals surface area contributed by atoms with Gasteiger partial charge in [0.25, 0.3) is 0 Å². The van der Waals surface area contributed by atoms with Crippen molar-refractivity contribution in [1.29, 1.82) is 0 Å². The molecule has 0 aliphatic heterocycles. The van der Waals surface area contributed by atoms with Crippen LogP contribution in [0.1, 0.15) is 13.8 Å². The maximum atomic E-state index is 10.5. The first-order valence-electron chi connectivity index (χ1n) is 3.05. The van der Waals surface area contributed by atoms with Crippen LogP contribution in [0.25, 0.3) is 0 Å². The SMILES string of the molecule is CCNC(=O)ONC(C)S. The van der Waals surface area contributed by atoms with E-state index in [1.807, 2.05) is 6.92 Å². The normalized spacial score (nSPS) is 12.3. The van der Waals surface area contributed by atoms with E-state index in [2.05, 4.69) is 28.3 Å². The van der Waals surface area contributed by atoms with Crippen LogP contribution in [0.3, 0.4) is 0 Å². The predicted molar refractivity (Wildman–Crippen MR) is 41.7 cm³/mol. The zero-order valence-electron chi connectivity index (χ0n) is 6.05. The van der Waals surface area contributed by atoms with E-state index in [-0.39, 0.29) is 5.37 Å². The average molecular weight is 164 g/mol. The molecule has 0 aliphatic rings. The van der Waals surface area contributed by atoms with E-state index in [4.69, 9.17) is 0 Å². The Balaban J connectivity index is 3.22. The number of amides is 1. The van der Waals surface area contributed by atoms with Crippen molar-refractivity contribution in [2.45, 2.75) is 19.2 Å². The Bertz CT molecular complexity index is 108.